The van der Waals surface area contributed by atoms with Crippen LogP contribution in [0, 0.1) is 5.92 Å². The zero-order chi connectivity index (χ0) is 9.30. The maximum atomic E-state index is 11.3. The van der Waals surface area contributed by atoms with Crippen LogP contribution >= 0.6 is 0 Å². The van der Waals surface area contributed by atoms with Crippen molar-refractivity contribution in [2.45, 2.75) is 40.2 Å². The quantitative estimate of drug-likeness (QED) is 0.680. The third-order valence-corrected chi connectivity index (χ3v) is 2.74. The number of nitrogens with one attached hydrogen (secondary N) is 1. The Kier molecular flexibility index (Phi) is 2.55. The second-order valence-corrected chi connectivity index (χ2v) is 3.56. The Balaban J connectivity index is 2.86. The molecule has 0 amide bonds. The van der Waals surface area contributed by atoms with Crippen molar-refractivity contribution in [2.24, 2.45) is 5.92 Å². The van der Waals surface area contributed by atoms with Crippen LogP contribution < -0.4 is 5.32 Å². The lowest BCUT2D eigenvalue weighted by Gasteiger charge is -2.16. The molecule has 1 aliphatic rings. The predicted octanol–water partition coefficient (Wildman–Crippen LogP) is 1.87. The topological polar surface area (TPSA) is 29.1 Å². The summed E-state index contributed by atoms with van der Waals surface area (Å²) >= 11 is 0. The van der Waals surface area contributed by atoms with Gasteiger partial charge in [-0.2, -0.15) is 0 Å². The van der Waals surface area contributed by atoms with E-state index >= 15 is 0 Å². The molecule has 2 unspecified atom stereocenters. The molecular formula is C10H17NO. The van der Waals surface area contributed by atoms with Gasteiger partial charge in [0.15, 0.2) is 0 Å². The summed E-state index contributed by atoms with van der Waals surface area (Å²) in [5.74, 6) is 0.402. The molecule has 12 heavy (non-hydrogen) atoms. The number of ketones is 1. The van der Waals surface area contributed by atoms with Crippen LogP contribution in [0.2, 0.25) is 0 Å². The van der Waals surface area contributed by atoms with E-state index in [9.17, 15) is 4.79 Å². The summed E-state index contributed by atoms with van der Waals surface area (Å²) in [5, 5.41) is 3.34. The van der Waals surface area contributed by atoms with E-state index in [1.165, 1.54) is 11.3 Å². The van der Waals surface area contributed by atoms with Crippen molar-refractivity contribution in [3.63, 3.8) is 0 Å². The summed E-state index contributed by atoms with van der Waals surface area (Å²) in [4.78, 5) is 11.3. The smallest absolute Gasteiger partial charge is 0.139 e. The third kappa shape index (κ3) is 1.38. The fraction of sp³-hybridized carbons (Fsp3) is 0.700. The highest BCUT2D eigenvalue weighted by Crippen LogP contribution is 2.27. The van der Waals surface area contributed by atoms with E-state index in [0.29, 0.717) is 6.04 Å². The van der Waals surface area contributed by atoms with Crippen molar-refractivity contribution < 1.29 is 4.79 Å². The van der Waals surface area contributed by atoms with Crippen LogP contribution in [0.1, 0.15) is 34.1 Å². The van der Waals surface area contributed by atoms with Gasteiger partial charge in [0.1, 0.15) is 5.78 Å². The first kappa shape index (κ1) is 9.30. The molecule has 1 heterocycles. The van der Waals surface area contributed by atoms with Crippen molar-refractivity contribution in [1.29, 1.82) is 0 Å². The van der Waals surface area contributed by atoms with Gasteiger partial charge in [-0.15, -0.1) is 0 Å². The van der Waals surface area contributed by atoms with Crippen LogP contribution in [0.3, 0.4) is 0 Å². The minimum Gasteiger partial charge on any atom is -0.385 e. The maximum absolute atomic E-state index is 11.3. The van der Waals surface area contributed by atoms with Gasteiger partial charge in [0.25, 0.3) is 0 Å². The SMILES string of the molecule is CCC1NC(C)=C(C)C1C(C)=O. The van der Waals surface area contributed by atoms with E-state index in [1.54, 1.807) is 6.92 Å². The largest absolute Gasteiger partial charge is 0.385 e. The number of rotatable bonds is 2. The zero-order valence-corrected chi connectivity index (χ0v) is 8.27. The standard InChI is InChI=1S/C10H17NO/c1-5-9-10(8(4)12)6(2)7(3)11-9/h9-11H,5H2,1-4H3. The third-order valence-electron chi connectivity index (χ3n) is 2.74. The Labute approximate surface area is 74.0 Å². The van der Waals surface area contributed by atoms with E-state index in [-0.39, 0.29) is 11.7 Å². The highest BCUT2D eigenvalue weighted by atomic mass is 16.1. The van der Waals surface area contributed by atoms with Crippen LogP contribution in [0.4, 0.5) is 0 Å². The second-order valence-electron chi connectivity index (χ2n) is 3.56. The summed E-state index contributed by atoms with van der Waals surface area (Å²) in [5.41, 5.74) is 2.40. The van der Waals surface area contributed by atoms with Gasteiger partial charge in [-0.1, -0.05) is 6.92 Å². The first-order chi connectivity index (χ1) is 5.57. The Hall–Kier alpha value is -0.790. The van der Waals surface area contributed by atoms with E-state index in [4.69, 9.17) is 0 Å². The lowest BCUT2D eigenvalue weighted by Crippen LogP contribution is -2.31. The van der Waals surface area contributed by atoms with Gasteiger partial charge in [-0.3, -0.25) is 4.79 Å². The van der Waals surface area contributed by atoms with Crippen LogP contribution in [0.25, 0.3) is 0 Å². The summed E-state index contributed by atoms with van der Waals surface area (Å²) in [6.45, 7) is 7.88. The fourth-order valence-corrected chi connectivity index (χ4v) is 1.94. The molecule has 1 N–H and O–H groups in total. The second kappa shape index (κ2) is 3.30. The molecule has 0 aromatic rings. The molecule has 0 fully saturated rings. The van der Waals surface area contributed by atoms with Crippen molar-refractivity contribution >= 4 is 5.78 Å². The highest BCUT2D eigenvalue weighted by Gasteiger charge is 2.31. The minimum atomic E-state index is 0.120. The fourth-order valence-electron chi connectivity index (χ4n) is 1.94. The molecule has 0 saturated carbocycles. The van der Waals surface area contributed by atoms with Gasteiger partial charge in [-0.05, 0) is 32.8 Å². The summed E-state index contributed by atoms with van der Waals surface area (Å²) in [7, 11) is 0. The molecule has 2 nitrogen and oxygen atoms in total. The van der Waals surface area contributed by atoms with Crippen molar-refractivity contribution in [1.82, 2.24) is 5.32 Å². The molecule has 1 aliphatic heterocycles. The van der Waals surface area contributed by atoms with E-state index < -0.39 is 0 Å². The normalized spacial score (nSPS) is 29.0. The molecule has 0 aromatic carbocycles. The van der Waals surface area contributed by atoms with E-state index in [0.717, 1.165) is 6.42 Å². The Bertz CT molecular complexity index is 230. The van der Waals surface area contributed by atoms with E-state index in [1.807, 2.05) is 13.8 Å². The molecule has 0 saturated heterocycles. The van der Waals surface area contributed by atoms with Gasteiger partial charge < -0.3 is 5.32 Å². The van der Waals surface area contributed by atoms with Gasteiger partial charge in [0, 0.05) is 11.7 Å². The average Bonchev–Trinajstić information content (AvgIpc) is 2.28. The number of carbonyl (C=O) groups is 1. The number of carbonyl (C=O) groups excluding carboxylic acids is 1. The summed E-state index contributed by atoms with van der Waals surface area (Å²) in [6, 6.07) is 0.336. The number of Topliss-reactive ketones (excluding diaryl/α,β-unsaturated/α-hetero) is 1. The van der Waals surface area contributed by atoms with Gasteiger partial charge in [-0.25, -0.2) is 0 Å². The van der Waals surface area contributed by atoms with Gasteiger partial charge in [0.2, 0.25) is 0 Å². The Morgan fingerprint density at radius 3 is 2.42 bits per heavy atom. The highest BCUT2D eigenvalue weighted by molar-refractivity contribution is 5.82. The van der Waals surface area contributed by atoms with Crippen molar-refractivity contribution in [2.75, 3.05) is 0 Å². The molecule has 0 aliphatic carbocycles. The maximum Gasteiger partial charge on any atom is 0.139 e. The van der Waals surface area contributed by atoms with Gasteiger partial charge >= 0.3 is 0 Å². The first-order valence-electron chi connectivity index (χ1n) is 4.52. The minimum absolute atomic E-state index is 0.120. The summed E-state index contributed by atoms with van der Waals surface area (Å²) in [6.07, 6.45) is 1.01. The van der Waals surface area contributed by atoms with Crippen molar-refractivity contribution in [3.8, 4) is 0 Å². The van der Waals surface area contributed by atoms with E-state index in [2.05, 4.69) is 12.2 Å². The van der Waals surface area contributed by atoms with Gasteiger partial charge in [0.05, 0.1) is 5.92 Å². The molecule has 0 bridgehead atoms. The number of hydrogen-bond donors (Lipinski definition) is 1. The lowest BCUT2D eigenvalue weighted by atomic mass is 9.90. The van der Waals surface area contributed by atoms with Crippen molar-refractivity contribution in [3.05, 3.63) is 11.3 Å². The molecule has 68 valence electrons. The molecule has 0 spiro atoms. The monoisotopic (exact) mass is 167 g/mol. The molecule has 1 rings (SSSR count). The van der Waals surface area contributed by atoms with Crippen LogP contribution in [-0.2, 0) is 4.79 Å². The number of hydrogen-bond acceptors (Lipinski definition) is 2. The molecule has 0 radical (unpaired) electrons. The first-order valence-corrected chi connectivity index (χ1v) is 4.52. The van der Waals surface area contributed by atoms with Crippen LogP contribution in [0.15, 0.2) is 11.3 Å². The van der Waals surface area contributed by atoms with Crippen LogP contribution in [0.5, 0.6) is 0 Å². The number of allylic oxidation sites excluding steroid dienone is 1. The zero-order valence-electron chi connectivity index (χ0n) is 8.27. The van der Waals surface area contributed by atoms with Crippen LogP contribution in [-0.4, -0.2) is 11.8 Å². The molecule has 2 atom stereocenters. The molecular weight excluding hydrogens is 150 g/mol. The summed E-state index contributed by atoms with van der Waals surface area (Å²) < 4.78 is 0. The molecule has 2 heteroatoms. The predicted molar refractivity (Wildman–Crippen MR) is 49.8 cm³/mol. The average molecular weight is 167 g/mol. The Morgan fingerprint density at radius 2 is 2.08 bits per heavy atom. The Morgan fingerprint density at radius 1 is 1.50 bits per heavy atom. The molecule has 0 aromatic heterocycles. The lowest BCUT2D eigenvalue weighted by molar-refractivity contribution is -0.120.